The predicted octanol–water partition coefficient (Wildman–Crippen LogP) is 7.92. The van der Waals surface area contributed by atoms with Gasteiger partial charge in [0.2, 0.25) is 5.91 Å². The second-order valence-corrected chi connectivity index (χ2v) is 8.97. The lowest BCUT2D eigenvalue weighted by Gasteiger charge is -2.39. The summed E-state index contributed by atoms with van der Waals surface area (Å²) in [7, 11) is 0. The molecule has 0 aliphatic heterocycles. The second kappa shape index (κ2) is 11.5. The molecule has 0 fully saturated rings. The zero-order chi connectivity index (χ0) is 29.9. The molecule has 0 saturated carbocycles. The van der Waals surface area contributed by atoms with Gasteiger partial charge in [0.15, 0.2) is 0 Å². The van der Waals surface area contributed by atoms with Crippen LogP contribution in [0.5, 0.6) is 5.75 Å². The third-order valence-electron chi connectivity index (χ3n) is 5.93. The topological polar surface area (TPSA) is 38.3 Å². The molecule has 3 rings (SSSR count). The number of nitrogens with one attached hydrogen (secondary N) is 1. The average molecular weight is 587 g/mol. The van der Waals surface area contributed by atoms with E-state index in [0.717, 1.165) is 12.1 Å². The van der Waals surface area contributed by atoms with E-state index >= 15 is 0 Å². The lowest BCUT2D eigenvalue weighted by atomic mass is 9.74. The number of benzene rings is 2. The quantitative estimate of drug-likeness (QED) is 0.303. The number of ether oxygens (including phenoxy) is 1. The maximum absolute atomic E-state index is 14.7. The minimum Gasteiger partial charge on any atom is -0.428 e. The molecule has 2 atom stereocenters. The van der Waals surface area contributed by atoms with Gasteiger partial charge >= 0.3 is 24.9 Å². The monoisotopic (exact) mass is 587 g/mol. The molecule has 0 spiro atoms. The first-order chi connectivity index (χ1) is 18.4. The van der Waals surface area contributed by atoms with Crippen LogP contribution in [0.2, 0.25) is 0 Å². The van der Waals surface area contributed by atoms with E-state index in [1.54, 1.807) is 24.3 Å². The molecule has 0 saturated heterocycles. The van der Waals surface area contributed by atoms with Crippen molar-refractivity contribution in [2.75, 3.05) is 0 Å². The molecule has 1 aliphatic rings. The van der Waals surface area contributed by atoms with Crippen molar-refractivity contribution < 1.29 is 57.8 Å². The van der Waals surface area contributed by atoms with Gasteiger partial charge in [-0.3, -0.25) is 4.79 Å². The van der Waals surface area contributed by atoms with Gasteiger partial charge in [-0.25, -0.2) is 4.39 Å². The summed E-state index contributed by atoms with van der Waals surface area (Å²) in [6.45, 7) is 0. The molecule has 1 amide bonds. The molecule has 2 aromatic carbocycles. The van der Waals surface area contributed by atoms with Crippen molar-refractivity contribution >= 4 is 5.91 Å². The van der Waals surface area contributed by atoms with Crippen LogP contribution >= 0.6 is 0 Å². The summed E-state index contributed by atoms with van der Waals surface area (Å²) in [5.74, 6) is -4.81. The molecular formula is C26H20F11NO2. The lowest BCUT2D eigenvalue weighted by Crippen LogP contribution is -2.49. The largest absolute Gasteiger partial charge is 0.461 e. The number of hydrogen-bond donors (Lipinski definition) is 1. The Morgan fingerprint density at radius 3 is 2.05 bits per heavy atom. The fraction of sp³-hybridized carbons (Fsp3) is 0.346. The van der Waals surface area contributed by atoms with Gasteiger partial charge < -0.3 is 10.1 Å². The highest BCUT2D eigenvalue weighted by Gasteiger charge is 2.45. The first kappa shape index (κ1) is 31.0. The molecular weight excluding hydrogens is 567 g/mol. The van der Waals surface area contributed by atoms with Crippen LogP contribution < -0.4 is 10.1 Å². The third-order valence-corrected chi connectivity index (χ3v) is 5.93. The molecule has 0 bridgehead atoms. The number of carbonyl (C=O) groups excluding carboxylic acids is 1. The molecule has 218 valence electrons. The number of halogens is 11. The lowest BCUT2D eigenvalue weighted by molar-refractivity contribution is -0.253. The number of rotatable bonds is 9. The van der Waals surface area contributed by atoms with Gasteiger partial charge in [0.25, 0.3) is 0 Å². The molecule has 0 heterocycles. The number of allylic oxidation sites excluding steroid dienone is 4. The van der Waals surface area contributed by atoms with Gasteiger partial charge in [0.05, 0.1) is 11.1 Å². The predicted molar refractivity (Wildman–Crippen MR) is 120 cm³/mol. The van der Waals surface area contributed by atoms with Crippen molar-refractivity contribution in [2.24, 2.45) is 5.92 Å². The van der Waals surface area contributed by atoms with E-state index < -0.39 is 77.8 Å². The van der Waals surface area contributed by atoms with Crippen molar-refractivity contribution in [3.05, 3.63) is 89.3 Å². The van der Waals surface area contributed by atoms with E-state index in [2.05, 4.69) is 10.1 Å². The highest BCUT2D eigenvalue weighted by Crippen LogP contribution is 2.42. The minimum absolute atomic E-state index is 0.232. The van der Waals surface area contributed by atoms with Crippen LogP contribution in [0.3, 0.4) is 0 Å². The Bertz CT molecular complexity index is 1250. The van der Waals surface area contributed by atoms with Crippen LogP contribution in [0.15, 0.2) is 66.8 Å². The molecule has 0 aromatic heterocycles. The summed E-state index contributed by atoms with van der Waals surface area (Å²) < 4.78 is 150. The van der Waals surface area contributed by atoms with Gasteiger partial charge in [0.1, 0.15) is 18.0 Å². The average Bonchev–Trinajstić information content (AvgIpc) is 2.82. The van der Waals surface area contributed by atoms with Crippen molar-refractivity contribution in [1.82, 2.24) is 5.32 Å². The summed E-state index contributed by atoms with van der Waals surface area (Å²) in [5.41, 5.74) is -4.22. The Labute approximate surface area is 220 Å². The number of amides is 1. The Kier molecular flexibility index (Phi) is 8.90. The number of carbonyl (C=O) groups is 1. The van der Waals surface area contributed by atoms with Crippen LogP contribution in [0.1, 0.15) is 36.0 Å². The number of alkyl halides is 10. The molecule has 1 aliphatic carbocycles. The van der Waals surface area contributed by atoms with E-state index in [0.29, 0.717) is 30.3 Å². The van der Waals surface area contributed by atoms with Crippen molar-refractivity contribution in [3.63, 3.8) is 0 Å². The van der Waals surface area contributed by atoms with Crippen LogP contribution in [0.25, 0.3) is 0 Å². The summed E-state index contributed by atoms with van der Waals surface area (Å²) in [6.07, 6.45) is -15.1. The first-order valence-electron chi connectivity index (χ1n) is 11.5. The third kappa shape index (κ3) is 7.75. The van der Waals surface area contributed by atoms with Gasteiger partial charge in [-0.2, -0.15) is 43.9 Å². The van der Waals surface area contributed by atoms with Gasteiger partial charge in [-0.15, -0.1) is 0 Å². The Morgan fingerprint density at radius 2 is 1.52 bits per heavy atom. The zero-order valence-corrected chi connectivity index (χ0v) is 20.1. The van der Waals surface area contributed by atoms with E-state index in [1.807, 2.05) is 0 Å². The SMILES string of the molecule is O=C(CC(F)(F)F)N[C@](CC1C=CC=CC1)(c1ccc(C(F)(F)F)cc1)c1cc(F)cc(OC(F)(F)C(F)F)c1. The molecule has 2 aromatic rings. The van der Waals surface area contributed by atoms with Crippen LogP contribution in [-0.2, 0) is 16.5 Å². The summed E-state index contributed by atoms with van der Waals surface area (Å²) in [5, 5.41) is 2.11. The highest BCUT2D eigenvalue weighted by atomic mass is 19.4. The second-order valence-electron chi connectivity index (χ2n) is 8.97. The van der Waals surface area contributed by atoms with Gasteiger partial charge in [-0.05, 0) is 54.2 Å². The fourth-order valence-electron chi connectivity index (χ4n) is 4.25. The van der Waals surface area contributed by atoms with E-state index in [9.17, 15) is 53.1 Å². The summed E-state index contributed by atoms with van der Waals surface area (Å²) in [4.78, 5) is 12.6. The fourth-order valence-corrected chi connectivity index (χ4v) is 4.25. The summed E-state index contributed by atoms with van der Waals surface area (Å²) in [6, 6.07) is 4.33. The standard InChI is InChI=1S/C26H20F11NO2/c27-19-10-18(11-20(12-19)40-26(36,37)22(28)29)23(13-15-4-2-1-3-5-15,38-21(39)14-24(30,31)32)16-6-8-17(9-7-16)25(33,34)35/h1-4,6-12,15,22H,5,13-14H2,(H,38,39)/t15?,23-/m1/s1. The highest BCUT2D eigenvalue weighted by molar-refractivity contribution is 5.78. The zero-order valence-electron chi connectivity index (χ0n) is 20.1. The minimum atomic E-state index is -5.10. The van der Waals surface area contributed by atoms with Gasteiger partial charge in [0, 0.05) is 6.07 Å². The number of hydrogen-bond acceptors (Lipinski definition) is 2. The molecule has 40 heavy (non-hydrogen) atoms. The Morgan fingerprint density at radius 1 is 0.900 bits per heavy atom. The van der Waals surface area contributed by atoms with Crippen LogP contribution in [0, 0.1) is 11.7 Å². The van der Waals surface area contributed by atoms with Gasteiger partial charge in [-0.1, -0.05) is 36.4 Å². The van der Waals surface area contributed by atoms with Crippen molar-refractivity contribution in [2.45, 2.75) is 49.7 Å². The molecule has 14 heteroatoms. The van der Waals surface area contributed by atoms with Crippen LogP contribution in [-0.4, -0.2) is 24.6 Å². The van der Waals surface area contributed by atoms with Crippen LogP contribution in [0.4, 0.5) is 48.3 Å². The van der Waals surface area contributed by atoms with Crippen molar-refractivity contribution in [1.29, 1.82) is 0 Å². The smallest absolute Gasteiger partial charge is 0.428 e. The molecule has 1 N–H and O–H groups in total. The molecule has 3 nitrogen and oxygen atoms in total. The van der Waals surface area contributed by atoms with E-state index in [1.165, 1.54) is 0 Å². The summed E-state index contributed by atoms with van der Waals surface area (Å²) >= 11 is 0. The maximum Gasteiger partial charge on any atom is 0.461 e. The molecule has 1 unspecified atom stereocenters. The van der Waals surface area contributed by atoms with Crippen molar-refractivity contribution in [3.8, 4) is 5.75 Å². The first-order valence-corrected chi connectivity index (χ1v) is 11.5. The van der Waals surface area contributed by atoms with E-state index in [4.69, 9.17) is 0 Å². The maximum atomic E-state index is 14.7. The molecule has 0 radical (unpaired) electrons. The van der Waals surface area contributed by atoms with E-state index in [-0.39, 0.29) is 12.0 Å². The normalized spacial score (nSPS) is 17.6. The Balaban J connectivity index is 2.26. The Hall–Kier alpha value is -3.58.